The van der Waals surface area contributed by atoms with Crippen molar-refractivity contribution < 1.29 is 14.6 Å². The molecular weight excluding hydrogens is 204 g/mol. The Hall–Kier alpha value is -1.06. The highest BCUT2D eigenvalue weighted by Gasteiger charge is 2.23. The van der Waals surface area contributed by atoms with Gasteiger partial charge in [-0.25, -0.2) is 0 Å². The summed E-state index contributed by atoms with van der Waals surface area (Å²) in [6, 6.07) is 5.93. The molecule has 1 aromatic carbocycles. The first kappa shape index (κ1) is 11.4. The van der Waals surface area contributed by atoms with Crippen LogP contribution in [-0.4, -0.2) is 24.9 Å². The zero-order valence-electron chi connectivity index (χ0n) is 9.77. The Morgan fingerprint density at radius 3 is 3.00 bits per heavy atom. The minimum Gasteiger partial charge on any atom is -0.493 e. The lowest BCUT2D eigenvalue weighted by Gasteiger charge is -2.25. The summed E-state index contributed by atoms with van der Waals surface area (Å²) in [6.07, 6.45) is 1.22. The molecule has 2 unspecified atom stereocenters. The first-order valence-corrected chi connectivity index (χ1v) is 5.69. The van der Waals surface area contributed by atoms with E-state index in [2.05, 4.69) is 6.07 Å². The van der Waals surface area contributed by atoms with E-state index in [0.29, 0.717) is 0 Å². The molecule has 16 heavy (non-hydrogen) atoms. The summed E-state index contributed by atoms with van der Waals surface area (Å²) in [5.41, 5.74) is 2.03. The van der Waals surface area contributed by atoms with Crippen molar-refractivity contribution in [1.29, 1.82) is 0 Å². The van der Waals surface area contributed by atoms with Crippen molar-refractivity contribution in [2.24, 2.45) is 0 Å². The Labute approximate surface area is 96.0 Å². The highest BCUT2D eigenvalue weighted by molar-refractivity contribution is 5.44. The van der Waals surface area contributed by atoms with Crippen LogP contribution >= 0.6 is 0 Å². The first-order chi connectivity index (χ1) is 7.74. The molecule has 3 heteroatoms. The van der Waals surface area contributed by atoms with Crippen LogP contribution in [0.1, 0.15) is 30.6 Å². The monoisotopic (exact) mass is 222 g/mol. The lowest BCUT2D eigenvalue weighted by Crippen LogP contribution is -2.19. The van der Waals surface area contributed by atoms with Gasteiger partial charge in [-0.3, -0.25) is 0 Å². The summed E-state index contributed by atoms with van der Waals surface area (Å²) < 4.78 is 10.8. The molecule has 0 bridgehead atoms. The van der Waals surface area contributed by atoms with Gasteiger partial charge in [0, 0.05) is 12.7 Å². The fourth-order valence-corrected chi connectivity index (χ4v) is 2.03. The second-order valence-electron chi connectivity index (χ2n) is 4.17. The highest BCUT2D eigenvalue weighted by Crippen LogP contribution is 2.34. The number of hydrogen-bond acceptors (Lipinski definition) is 3. The van der Waals surface area contributed by atoms with Crippen LogP contribution in [0.25, 0.3) is 0 Å². The number of rotatable bonds is 3. The minimum atomic E-state index is -0.627. The molecule has 1 aliphatic heterocycles. The highest BCUT2D eigenvalue weighted by atomic mass is 16.5. The van der Waals surface area contributed by atoms with E-state index in [9.17, 15) is 5.11 Å². The molecule has 0 radical (unpaired) electrons. The fraction of sp³-hybridized carbons (Fsp3) is 0.538. The number of aliphatic hydroxyl groups excluding tert-OH is 1. The Kier molecular flexibility index (Phi) is 3.46. The van der Waals surface area contributed by atoms with E-state index < -0.39 is 6.10 Å². The van der Waals surface area contributed by atoms with Gasteiger partial charge in [0.05, 0.1) is 12.7 Å². The van der Waals surface area contributed by atoms with Crippen LogP contribution in [0.4, 0.5) is 0 Å². The maximum Gasteiger partial charge on any atom is 0.128 e. The Balaban J connectivity index is 2.33. The van der Waals surface area contributed by atoms with Gasteiger partial charge < -0.3 is 14.6 Å². The molecule has 88 valence electrons. The number of aryl methyl sites for hydroxylation is 1. The standard InChI is InChI=1S/C13H18O3/c1-9(15-2)12(14)11-7-3-5-10-6-4-8-16-13(10)11/h3,5,7,9,12,14H,4,6,8H2,1-2H3. The van der Waals surface area contributed by atoms with Crippen molar-refractivity contribution in [2.45, 2.75) is 32.0 Å². The molecule has 0 aliphatic carbocycles. The molecule has 2 atom stereocenters. The van der Waals surface area contributed by atoms with Gasteiger partial charge >= 0.3 is 0 Å². The van der Waals surface area contributed by atoms with Crippen LogP contribution in [0.2, 0.25) is 0 Å². The van der Waals surface area contributed by atoms with E-state index in [1.165, 1.54) is 5.56 Å². The summed E-state index contributed by atoms with van der Waals surface area (Å²) in [4.78, 5) is 0. The number of hydrogen-bond donors (Lipinski definition) is 1. The van der Waals surface area contributed by atoms with Crippen molar-refractivity contribution in [3.05, 3.63) is 29.3 Å². The molecule has 0 amide bonds. The van der Waals surface area contributed by atoms with Crippen LogP contribution in [0.3, 0.4) is 0 Å². The fourth-order valence-electron chi connectivity index (χ4n) is 2.03. The Morgan fingerprint density at radius 1 is 1.44 bits per heavy atom. The lowest BCUT2D eigenvalue weighted by atomic mass is 9.97. The van der Waals surface area contributed by atoms with Crippen LogP contribution in [-0.2, 0) is 11.2 Å². The van der Waals surface area contributed by atoms with Gasteiger partial charge in [0.25, 0.3) is 0 Å². The van der Waals surface area contributed by atoms with E-state index in [4.69, 9.17) is 9.47 Å². The zero-order chi connectivity index (χ0) is 11.5. The van der Waals surface area contributed by atoms with Gasteiger partial charge in [0.1, 0.15) is 11.9 Å². The molecule has 0 saturated heterocycles. The maximum absolute atomic E-state index is 10.1. The molecule has 1 heterocycles. The largest absolute Gasteiger partial charge is 0.493 e. The van der Waals surface area contributed by atoms with Gasteiger partial charge in [0.2, 0.25) is 0 Å². The summed E-state index contributed by atoms with van der Waals surface area (Å²) in [5.74, 6) is 0.852. The second kappa shape index (κ2) is 4.85. The molecule has 0 aromatic heterocycles. The van der Waals surface area contributed by atoms with Crippen molar-refractivity contribution in [1.82, 2.24) is 0 Å². The quantitative estimate of drug-likeness (QED) is 0.851. The van der Waals surface area contributed by atoms with E-state index in [1.807, 2.05) is 19.1 Å². The van der Waals surface area contributed by atoms with E-state index in [0.717, 1.165) is 30.8 Å². The molecule has 0 saturated carbocycles. The molecular formula is C13H18O3. The lowest BCUT2D eigenvalue weighted by molar-refractivity contribution is -0.00299. The van der Waals surface area contributed by atoms with Crippen molar-refractivity contribution in [2.75, 3.05) is 13.7 Å². The summed E-state index contributed by atoms with van der Waals surface area (Å²) in [7, 11) is 1.60. The number of ether oxygens (including phenoxy) is 2. The summed E-state index contributed by atoms with van der Waals surface area (Å²) in [5, 5.41) is 10.1. The topological polar surface area (TPSA) is 38.7 Å². The molecule has 0 spiro atoms. The van der Waals surface area contributed by atoms with Crippen LogP contribution < -0.4 is 4.74 Å². The number of aliphatic hydroxyl groups is 1. The average molecular weight is 222 g/mol. The van der Waals surface area contributed by atoms with Gasteiger partial charge in [0.15, 0.2) is 0 Å². The van der Waals surface area contributed by atoms with E-state index in [-0.39, 0.29) is 6.10 Å². The maximum atomic E-state index is 10.1. The number of methoxy groups -OCH3 is 1. The van der Waals surface area contributed by atoms with Crippen molar-refractivity contribution in [3.63, 3.8) is 0 Å². The Morgan fingerprint density at radius 2 is 2.25 bits per heavy atom. The van der Waals surface area contributed by atoms with Gasteiger partial charge in [-0.05, 0) is 25.3 Å². The zero-order valence-corrected chi connectivity index (χ0v) is 9.77. The number of fused-ring (bicyclic) bond motifs is 1. The van der Waals surface area contributed by atoms with Crippen LogP contribution in [0.15, 0.2) is 18.2 Å². The summed E-state index contributed by atoms with van der Waals surface area (Å²) in [6.45, 7) is 2.59. The molecule has 1 aliphatic rings. The van der Waals surface area contributed by atoms with Gasteiger partial charge in [-0.1, -0.05) is 18.2 Å². The third kappa shape index (κ3) is 2.06. The minimum absolute atomic E-state index is 0.225. The molecule has 3 nitrogen and oxygen atoms in total. The van der Waals surface area contributed by atoms with Crippen molar-refractivity contribution >= 4 is 0 Å². The van der Waals surface area contributed by atoms with Gasteiger partial charge in [-0.15, -0.1) is 0 Å². The third-order valence-electron chi connectivity index (χ3n) is 3.10. The average Bonchev–Trinajstić information content (AvgIpc) is 2.36. The Bertz CT molecular complexity index is 362. The molecule has 1 N–H and O–H groups in total. The predicted molar refractivity (Wildman–Crippen MR) is 61.7 cm³/mol. The predicted octanol–water partition coefficient (Wildman–Crippen LogP) is 2.08. The van der Waals surface area contributed by atoms with Crippen LogP contribution in [0.5, 0.6) is 5.75 Å². The van der Waals surface area contributed by atoms with E-state index in [1.54, 1.807) is 7.11 Å². The van der Waals surface area contributed by atoms with E-state index >= 15 is 0 Å². The first-order valence-electron chi connectivity index (χ1n) is 5.69. The number of benzene rings is 1. The van der Waals surface area contributed by atoms with Gasteiger partial charge in [-0.2, -0.15) is 0 Å². The third-order valence-corrected chi connectivity index (χ3v) is 3.10. The van der Waals surface area contributed by atoms with Crippen molar-refractivity contribution in [3.8, 4) is 5.75 Å². The number of para-hydroxylation sites is 1. The smallest absolute Gasteiger partial charge is 0.128 e. The van der Waals surface area contributed by atoms with Crippen LogP contribution in [0, 0.1) is 0 Å². The molecule has 0 fully saturated rings. The molecule has 2 rings (SSSR count). The molecule has 1 aromatic rings. The normalized spacial score (nSPS) is 18.4. The SMILES string of the molecule is COC(C)C(O)c1cccc2c1OCCC2. The summed E-state index contributed by atoms with van der Waals surface area (Å²) >= 11 is 0. The second-order valence-corrected chi connectivity index (χ2v) is 4.17.